The number of nitrogens with one attached hydrogen (secondary N) is 1. The first-order valence-corrected chi connectivity index (χ1v) is 6.24. The molecule has 0 bridgehead atoms. The van der Waals surface area contributed by atoms with E-state index in [1.807, 2.05) is 0 Å². The first kappa shape index (κ1) is 11.5. The van der Waals surface area contributed by atoms with Gasteiger partial charge >= 0.3 is 0 Å². The van der Waals surface area contributed by atoms with Crippen molar-refractivity contribution in [3.05, 3.63) is 35.6 Å². The van der Waals surface area contributed by atoms with Gasteiger partial charge in [0, 0.05) is 11.3 Å². The van der Waals surface area contributed by atoms with E-state index in [4.69, 9.17) is 0 Å². The molecule has 2 rings (SSSR count). The van der Waals surface area contributed by atoms with Gasteiger partial charge in [0.05, 0.1) is 6.54 Å². The van der Waals surface area contributed by atoms with Crippen molar-refractivity contribution in [3.8, 4) is 0 Å². The zero-order valence-electron chi connectivity index (χ0n) is 9.46. The van der Waals surface area contributed by atoms with Crippen LogP contribution in [0.15, 0.2) is 29.3 Å². The molecule has 1 heterocycles. The van der Waals surface area contributed by atoms with Crippen LogP contribution in [0.5, 0.6) is 0 Å². The smallest absolute Gasteiger partial charge is 0.157 e. The van der Waals surface area contributed by atoms with E-state index in [-0.39, 0.29) is 11.4 Å². The quantitative estimate of drug-likeness (QED) is 0.856. The van der Waals surface area contributed by atoms with Crippen molar-refractivity contribution >= 4 is 16.9 Å². The lowest BCUT2D eigenvalue weighted by molar-refractivity contribution is 0.536. The van der Waals surface area contributed by atoms with Crippen LogP contribution in [0.4, 0.5) is 4.39 Å². The zero-order chi connectivity index (χ0) is 11.6. The van der Waals surface area contributed by atoms with Gasteiger partial charge < -0.3 is 5.32 Å². The molecule has 1 saturated heterocycles. The van der Waals surface area contributed by atoms with E-state index in [9.17, 15) is 4.39 Å². The normalized spacial score (nSPS) is 21.1. The maximum Gasteiger partial charge on any atom is 0.157 e. The number of hydrogen-bond acceptors (Lipinski definition) is 2. The van der Waals surface area contributed by atoms with E-state index in [2.05, 4.69) is 24.2 Å². The molecular formula is C12H15FN2S. The first-order valence-electron chi connectivity index (χ1n) is 5.25. The third kappa shape index (κ3) is 2.98. The molecule has 0 aliphatic carbocycles. The van der Waals surface area contributed by atoms with Gasteiger partial charge in [-0.05, 0) is 31.5 Å². The molecule has 16 heavy (non-hydrogen) atoms. The van der Waals surface area contributed by atoms with Crippen LogP contribution >= 0.6 is 11.8 Å². The minimum absolute atomic E-state index is 0.131. The second-order valence-electron chi connectivity index (χ2n) is 4.55. The van der Waals surface area contributed by atoms with E-state index < -0.39 is 0 Å². The van der Waals surface area contributed by atoms with Crippen LogP contribution in [0, 0.1) is 5.82 Å². The van der Waals surface area contributed by atoms with Gasteiger partial charge in [0.1, 0.15) is 5.82 Å². The maximum absolute atomic E-state index is 12.7. The number of nitrogens with zero attached hydrogens (tertiary/aromatic N) is 1. The minimum atomic E-state index is -0.203. The van der Waals surface area contributed by atoms with Gasteiger partial charge in [-0.1, -0.05) is 23.9 Å². The SMILES string of the molecule is CC1(C)CSC(=NCc2ccc(F)cc2)N1. The van der Waals surface area contributed by atoms with Crippen LogP contribution in [0.1, 0.15) is 19.4 Å². The van der Waals surface area contributed by atoms with Gasteiger partial charge in [0.15, 0.2) is 5.17 Å². The van der Waals surface area contributed by atoms with Crippen LogP contribution in [0.2, 0.25) is 0 Å². The molecule has 0 saturated carbocycles. The number of rotatable bonds is 2. The Hall–Kier alpha value is -1.03. The summed E-state index contributed by atoms with van der Waals surface area (Å²) in [6, 6.07) is 6.47. The van der Waals surface area contributed by atoms with Crippen LogP contribution in [-0.4, -0.2) is 16.5 Å². The molecule has 0 aromatic heterocycles. The lowest BCUT2D eigenvalue weighted by atomic mass is 10.1. The standard InChI is InChI=1S/C12H15FN2S/c1-12(2)8-16-11(15-12)14-7-9-3-5-10(13)6-4-9/h3-6H,7-8H2,1-2H3,(H,14,15). The first-order chi connectivity index (χ1) is 7.55. The lowest BCUT2D eigenvalue weighted by Gasteiger charge is -2.15. The fourth-order valence-corrected chi connectivity index (χ4v) is 2.52. The third-order valence-corrected chi connectivity index (χ3v) is 3.70. The highest BCUT2D eigenvalue weighted by Crippen LogP contribution is 2.22. The Kier molecular flexibility index (Phi) is 3.19. The number of aliphatic imine (C=N–C) groups is 1. The van der Waals surface area contributed by atoms with Crippen LogP contribution in [-0.2, 0) is 6.54 Å². The summed E-state index contributed by atoms with van der Waals surface area (Å²) >= 11 is 1.74. The number of amidine groups is 1. The van der Waals surface area contributed by atoms with Gasteiger partial charge in [-0.3, -0.25) is 4.99 Å². The Morgan fingerprint density at radius 3 is 2.62 bits per heavy atom. The molecule has 1 aromatic rings. The molecular weight excluding hydrogens is 223 g/mol. The highest BCUT2D eigenvalue weighted by atomic mass is 32.2. The molecule has 2 nitrogen and oxygen atoms in total. The van der Waals surface area contributed by atoms with Crippen molar-refractivity contribution in [1.29, 1.82) is 0 Å². The molecule has 0 unspecified atom stereocenters. The van der Waals surface area contributed by atoms with Crippen molar-refractivity contribution in [2.45, 2.75) is 25.9 Å². The second kappa shape index (κ2) is 4.45. The molecule has 4 heteroatoms. The van der Waals surface area contributed by atoms with Crippen molar-refractivity contribution in [1.82, 2.24) is 5.32 Å². The van der Waals surface area contributed by atoms with Gasteiger partial charge in [0.25, 0.3) is 0 Å². The van der Waals surface area contributed by atoms with Gasteiger partial charge in [-0.25, -0.2) is 4.39 Å². The molecule has 1 fully saturated rings. The fraction of sp³-hybridized carbons (Fsp3) is 0.417. The molecule has 0 spiro atoms. The monoisotopic (exact) mass is 238 g/mol. The van der Waals surface area contributed by atoms with E-state index in [1.165, 1.54) is 12.1 Å². The summed E-state index contributed by atoms with van der Waals surface area (Å²) in [6.07, 6.45) is 0. The molecule has 0 amide bonds. The molecule has 1 aromatic carbocycles. The second-order valence-corrected chi connectivity index (χ2v) is 5.51. The van der Waals surface area contributed by atoms with Crippen molar-refractivity contribution < 1.29 is 4.39 Å². The Balaban J connectivity index is 1.97. The van der Waals surface area contributed by atoms with Crippen LogP contribution in [0.25, 0.3) is 0 Å². The largest absolute Gasteiger partial charge is 0.359 e. The number of hydrogen-bond donors (Lipinski definition) is 1. The average Bonchev–Trinajstić information content (AvgIpc) is 2.58. The molecule has 1 aliphatic heterocycles. The van der Waals surface area contributed by atoms with E-state index >= 15 is 0 Å². The number of benzene rings is 1. The predicted octanol–water partition coefficient (Wildman–Crippen LogP) is 2.80. The summed E-state index contributed by atoms with van der Waals surface area (Å²) in [5.41, 5.74) is 1.16. The van der Waals surface area contributed by atoms with Crippen molar-refractivity contribution in [3.63, 3.8) is 0 Å². The summed E-state index contributed by atoms with van der Waals surface area (Å²) < 4.78 is 12.7. The highest BCUT2D eigenvalue weighted by molar-refractivity contribution is 8.14. The lowest BCUT2D eigenvalue weighted by Crippen LogP contribution is -2.36. The van der Waals surface area contributed by atoms with Crippen molar-refractivity contribution in [2.75, 3.05) is 5.75 Å². The highest BCUT2D eigenvalue weighted by Gasteiger charge is 2.26. The molecule has 0 radical (unpaired) electrons. The Morgan fingerprint density at radius 2 is 2.06 bits per heavy atom. The fourth-order valence-electron chi connectivity index (χ4n) is 1.45. The van der Waals surface area contributed by atoms with Gasteiger partial charge in [0.2, 0.25) is 0 Å². The average molecular weight is 238 g/mol. The van der Waals surface area contributed by atoms with Crippen molar-refractivity contribution in [2.24, 2.45) is 4.99 Å². The maximum atomic E-state index is 12.7. The Bertz CT molecular complexity index is 398. The molecule has 86 valence electrons. The summed E-state index contributed by atoms with van der Waals surface area (Å²) in [5.74, 6) is 0.834. The summed E-state index contributed by atoms with van der Waals surface area (Å²) in [4.78, 5) is 4.46. The summed E-state index contributed by atoms with van der Waals surface area (Å²) in [6.45, 7) is 4.91. The zero-order valence-corrected chi connectivity index (χ0v) is 10.3. The van der Waals surface area contributed by atoms with E-state index in [1.54, 1.807) is 23.9 Å². The topological polar surface area (TPSA) is 24.4 Å². The minimum Gasteiger partial charge on any atom is -0.359 e. The number of thioether (sulfide) groups is 1. The molecule has 0 atom stereocenters. The predicted molar refractivity (Wildman–Crippen MR) is 67.2 cm³/mol. The third-order valence-electron chi connectivity index (χ3n) is 2.33. The molecule has 1 N–H and O–H groups in total. The van der Waals surface area contributed by atoms with Gasteiger partial charge in [-0.15, -0.1) is 0 Å². The Labute approximate surface area is 99.3 Å². The van der Waals surface area contributed by atoms with Crippen LogP contribution < -0.4 is 5.32 Å². The Morgan fingerprint density at radius 1 is 1.38 bits per heavy atom. The molecule has 1 aliphatic rings. The summed E-state index contributed by atoms with van der Waals surface area (Å²) in [7, 11) is 0. The van der Waals surface area contributed by atoms with E-state index in [0.29, 0.717) is 6.54 Å². The van der Waals surface area contributed by atoms with Gasteiger partial charge in [-0.2, -0.15) is 0 Å². The van der Waals surface area contributed by atoms with E-state index in [0.717, 1.165) is 16.5 Å². The number of halogens is 1. The van der Waals surface area contributed by atoms with Crippen LogP contribution in [0.3, 0.4) is 0 Å². The summed E-state index contributed by atoms with van der Waals surface area (Å²) in [5, 5.41) is 4.33.